The predicted molar refractivity (Wildman–Crippen MR) is 116 cm³/mol. The van der Waals surface area contributed by atoms with E-state index in [-0.39, 0.29) is 17.9 Å². The third-order valence-corrected chi connectivity index (χ3v) is 6.60. The average molecular weight is 431 g/mol. The molecule has 2 amide bonds. The summed E-state index contributed by atoms with van der Waals surface area (Å²) in [6.07, 6.45) is 5.72. The van der Waals surface area contributed by atoms with E-state index >= 15 is 0 Å². The molecule has 2 heterocycles. The molecule has 4 rings (SSSR count). The topological polar surface area (TPSA) is 68.3 Å². The monoisotopic (exact) mass is 430 g/mol. The number of carbonyl (C=O) groups excluding carboxylic acids is 2. The second kappa shape index (κ2) is 9.90. The maximum absolute atomic E-state index is 13.4. The predicted octanol–water partition coefficient (Wildman–Crippen LogP) is 2.97. The van der Waals surface area contributed by atoms with Crippen molar-refractivity contribution in [2.24, 2.45) is 11.8 Å². The second-order valence-electron chi connectivity index (χ2n) is 8.99. The van der Waals surface area contributed by atoms with Gasteiger partial charge in [-0.1, -0.05) is 0 Å². The Morgan fingerprint density at radius 3 is 2.45 bits per heavy atom. The highest BCUT2D eigenvalue weighted by atomic mass is 16.5. The number of likely N-dealkylation sites (tertiary alicyclic amines) is 2. The Morgan fingerprint density at radius 1 is 1.00 bits per heavy atom. The van der Waals surface area contributed by atoms with Crippen molar-refractivity contribution in [2.75, 3.05) is 47.0 Å². The van der Waals surface area contributed by atoms with Crippen molar-refractivity contribution in [3.63, 3.8) is 0 Å². The maximum Gasteiger partial charge on any atom is 0.257 e. The van der Waals surface area contributed by atoms with Crippen LogP contribution in [0, 0.1) is 11.8 Å². The Labute approximate surface area is 184 Å². The van der Waals surface area contributed by atoms with Crippen molar-refractivity contribution in [3.05, 3.63) is 23.8 Å². The van der Waals surface area contributed by atoms with E-state index in [9.17, 15) is 9.59 Å². The first kappa shape index (κ1) is 21.9. The van der Waals surface area contributed by atoms with E-state index in [1.165, 1.54) is 0 Å². The van der Waals surface area contributed by atoms with Crippen molar-refractivity contribution < 1.29 is 23.8 Å². The number of nitrogens with zero attached hydrogens (tertiary/aromatic N) is 2. The van der Waals surface area contributed by atoms with Gasteiger partial charge in [0.1, 0.15) is 17.6 Å². The zero-order valence-corrected chi connectivity index (χ0v) is 18.7. The van der Waals surface area contributed by atoms with Gasteiger partial charge in [0.25, 0.3) is 5.91 Å². The molecular formula is C24H34N2O5. The number of methoxy groups -OCH3 is 2. The molecule has 3 fully saturated rings. The van der Waals surface area contributed by atoms with E-state index in [4.69, 9.17) is 14.2 Å². The summed E-state index contributed by atoms with van der Waals surface area (Å²) in [6.45, 7) is 3.57. The molecule has 0 aromatic heterocycles. The summed E-state index contributed by atoms with van der Waals surface area (Å²) in [5.41, 5.74) is 0.550. The summed E-state index contributed by atoms with van der Waals surface area (Å²) in [6, 6.07) is 5.45. The fourth-order valence-electron chi connectivity index (χ4n) is 4.66. The van der Waals surface area contributed by atoms with Crippen molar-refractivity contribution in [1.29, 1.82) is 0 Å². The lowest BCUT2D eigenvalue weighted by Crippen LogP contribution is -2.43. The Balaban J connectivity index is 1.43. The van der Waals surface area contributed by atoms with Gasteiger partial charge < -0.3 is 24.0 Å². The molecule has 31 heavy (non-hydrogen) atoms. The van der Waals surface area contributed by atoms with Crippen molar-refractivity contribution in [2.45, 2.75) is 44.6 Å². The Bertz CT molecular complexity index is 784. The molecule has 7 nitrogen and oxygen atoms in total. The van der Waals surface area contributed by atoms with Gasteiger partial charge in [-0.05, 0) is 49.8 Å². The largest absolute Gasteiger partial charge is 0.497 e. The smallest absolute Gasteiger partial charge is 0.257 e. The van der Waals surface area contributed by atoms with Crippen LogP contribution in [0.5, 0.6) is 11.5 Å². The summed E-state index contributed by atoms with van der Waals surface area (Å²) in [5.74, 6) is 2.16. The minimum Gasteiger partial charge on any atom is -0.497 e. The van der Waals surface area contributed by atoms with E-state index in [2.05, 4.69) is 0 Å². The van der Waals surface area contributed by atoms with Gasteiger partial charge in [-0.3, -0.25) is 9.59 Å². The quantitative estimate of drug-likeness (QED) is 0.665. The van der Waals surface area contributed by atoms with Crippen LogP contribution in [0.4, 0.5) is 0 Å². The fraction of sp³-hybridized carbons (Fsp3) is 0.667. The molecule has 1 aromatic carbocycles. The van der Waals surface area contributed by atoms with Gasteiger partial charge in [-0.15, -0.1) is 0 Å². The van der Waals surface area contributed by atoms with Gasteiger partial charge in [-0.25, -0.2) is 0 Å². The highest BCUT2D eigenvalue weighted by Crippen LogP contribution is 2.33. The number of ether oxygens (including phenoxy) is 3. The van der Waals surface area contributed by atoms with Crippen molar-refractivity contribution in [3.8, 4) is 11.5 Å². The Kier molecular flexibility index (Phi) is 7.00. The molecule has 1 aromatic rings. The lowest BCUT2D eigenvalue weighted by molar-refractivity contribution is -0.134. The maximum atomic E-state index is 13.4. The second-order valence-corrected chi connectivity index (χ2v) is 8.99. The van der Waals surface area contributed by atoms with Gasteiger partial charge in [0, 0.05) is 52.0 Å². The molecule has 2 saturated heterocycles. The molecule has 0 bridgehead atoms. The normalized spacial score (nSPS) is 22.3. The van der Waals surface area contributed by atoms with Crippen molar-refractivity contribution in [1.82, 2.24) is 9.80 Å². The van der Waals surface area contributed by atoms with Crippen LogP contribution in [-0.4, -0.2) is 74.7 Å². The molecule has 1 aliphatic carbocycles. The third kappa shape index (κ3) is 5.32. The van der Waals surface area contributed by atoms with Crippen LogP contribution >= 0.6 is 0 Å². The third-order valence-electron chi connectivity index (χ3n) is 6.60. The summed E-state index contributed by atoms with van der Waals surface area (Å²) >= 11 is 0. The van der Waals surface area contributed by atoms with Crippen LogP contribution in [0.2, 0.25) is 0 Å². The lowest BCUT2D eigenvalue weighted by Gasteiger charge is -2.34. The van der Waals surface area contributed by atoms with Gasteiger partial charge in [0.15, 0.2) is 0 Å². The molecule has 7 heteroatoms. The van der Waals surface area contributed by atoms with E-state index < -0.39 is 0 Å². The van der Waals surface area contributed by atoms with Crippen LogP contribution in [0.15, 0.2) is 18.2 Å². The Hall–Kier alpha value is -2.28. The van der Waals surface area contributed by atoms with Gasteiger partial charge in [-0.2, -0.15) is 0 Å². The number of hydrogen-bond donors (Lipinski definition) is 0. The van der Waals surface area contributed by atoms with E-state index in [0.717, 1.165) is 58.2 Å². The molecule has 0 unspecified atom stereocenters. The molecule has 1 saturated carbocycles. The standard InChI is InChI=1S/C24H34N2O5/c1-29-16-17-4-3-11-26(15-17)24(28)21-14-20(30-2)7-8-22(21)31-19-9-12-25(13-10-19)23(27)18-5-6-18/h7-8,14,17-19H,3-6,9-13,15-16H2,1-2H3/t17-/m1/s1. The molecule has 0 radical (unpaired) electrons. The SMILES string of the molecule is COC[C@@H]1CCCN(C(=O)c2cc(OC)ccc2OC2CCN(C(=O)C3CC3)CC2)C1. The molecule has 0 spiro atoms. The molecular weight excluding hydrogens is 396 g/mol. The van der Waals surface area contributed by atoms with Crippen molar-refractivity contribution >= 4 is 11.8 Å². The molecule has 2 aliphatic heterocycles. The van der Waals surface area contributed by atoms with Crippen LogP contribution in [0.25, 0.3) is 0 Å². The van der Waals surface area contributed by atoms with Gasteiger partial charge in [0.05, 0.1) is 19.3 Å². The van der Waals surface area contributed by atoms with E-state index in [1.807, 2.05) is 21.9 Å². The summed E-state index contributed by atoms with van der Waals surface area (Å²) in [4.78, 5) is 29.6. The van der Waals surface area contributed by atoms with Crippen LogP contribution in [-0.2, 0) is 9.53 Å². The number of carbonyl (C=O) groups is 2. The van der Waals surface area contributed by atoms with E-state index in [0.29, 0.717) is 42.0 Å². The molecule has 3 aliphatic rings. The summed E-state index contributed by atoms with van der Waals surface area (Å²) < 4.78 is 17.0. The molecule has 1 atom stereocenters. The van der Waals surface area contributed by atoms with Gasteiger partial charge in [0.2, 0.25) is 5.91 Å². The highest BCUT2D eigenvalue weighted by Gasteiger charge is 2.35. The van der Waals surface area contributed by atoms with Crippen LogP contribution < -0.4 is 9.47 Å². The average Bonchev–Trinajstić information content (AvgIpc) is 3.65. The first-order chi connectivity index (χ1) is 15.1. The number of hydrogen-bond acceptors (Lipinski definition) is 5. The zero-order chi connectivity index (χ0) is 21.8. The Morgan fingerprint density at radius 2 is 1.77 bits per heavy atom. The summed E-state index contributed by atoms with van der Waals surface area (Å²) in [7, 11) is 3.31. The number of benzene rings is 1. The zero-order valence-electron chi connectivity index (χ0n) is 18.7. The number of rotatable bonds is 7. The first-order valence-electron chi connectivity index (χ1n) is 11.5. The fourth-order valence-corrected chi connectivity index (χ4v) is 4.66. The lowest BCUT2D eigenvalue weighted by atomic mass is 9.98. The number of amides is 2. The van der Waals surface area contributed by atoms with E-state index in [1.54, 1.807) is 20.3 Å². The van der Waals surface area contributed by atoms with Crippen LogP contribution in [0.3, 0.4) is 0 Å². The first-order valence-corrected chi connectivity index (χ1v) is 11.5. The minimum absolute atomic E-state index is 0.00536. The molecule has 0 N–H and O–H groups in total. The van der Waals surface area contributed by atoms with Crippen LogP contribution in [0.1, 0.15) is 48.9 Å². The highest BCUT2D eigenvalue weighted by molar-refractivity contribution is 5.97. The van der Waals surface area contributed by atoms with Gasteiger partial charge >= 0.3 is 0 Å². The molecule has 170 valence electrons. The minimum atomic E-state index is -0.0175. The summed E-state index contributed by atoms with van der Waals surface area (Å²) in [5, 5.41) is 0. The number of piperidine rings is 2.